The summed E-state index contributed by atoms with van der Waals surface area (Å²) in [6, 6.07) is 12.4. The Bertz CT molecular complexity index is 412. The van der Waals surface area contributed by atoms with E-state index in [9.17, 15) is 0 Å². The Balaban J connectivity index is 2.51. The van der Waals surface area contributed by atoms with E-state index in [1.54, 1.807) is 0 Å². The van der Waals surface area contributed by atoms with Gasteiger partial charge in [0.25, 0.3) is 0 Å². The Hall–Kier alpha value is -1.50. The summed E-state index contributed by atoms with van der Waals surface area (Å²) in [5.74, 6) is 2.01. The van der Waals surface area contributed by atoms with E-state index in [1.807, 2.05) is 25.1 Å². The molecule has 0 bridgehead atoms. The second kappa shape index (κ2) is 3.70. The molecule has 2 aromatic rings. The van der Waals surface area contributed by atoms with Gasteiger partial charge in [0.15, 0.2) is 0 Å². The van der Waals surface area contributed by atoms with Crippen LogP contribution >= 0.6 is 0 Å². The average molecular weight is 186 g/mol. The second-order valence-electron chi connectivity index (χ2n) is 3.43. The number of furan rings is 1. The van der Waals surface area contributed by atoms with Gasteiger partial charge in [0.05, 0.1) is 0 Å². The third-order valence-electron chi connectivity index (χ3n) is 2.35. The number of benzene rings is 1. The van der Waals surface area contributed by atoms with Gasteiger partial charge < -0.3 is 4.42 Å². The summed E-state index contributed by atoms with van der Waals surface area (Å²) in [5, 5.41) is 0. The fraction of sp³-hybridized carbons (Fsp3) is 0.231. The van der Waals surface area contributed by atoms with Gasteiger partial charge in [-0.05, 0) is 25.0 Å². The van der Waals surface area contributed by atoms with Gasteiger partial charge in [0.2, 0.25) is 0 Å². The molecule has 0 saturated carbocycles. The van der Waals surface area contributed by atoms with Gasteiger partial charge in [-0.3, -0.25) is 0 Å². The van der Waals surface area contributed by atoms with E-state index in [2.05, 4.69) is 25.1 Å². The highest BCUT2D eigenvalue weighted by molar-refractivity contribution is 5.61. The molecule has 72 valence electrons. The molecule has 0 saturated heterocycles. The van der Waals surface area contributed by atoms with E-state index in [4.69, 9.17) is 4.42 Å². The van der Waals surface area contributed by atoms with Crippen LogP contribution in [0.2, 0.25) is 0 Å². The minimum atomic E-state index is 0.987. The molecule has 0 unspecified atom stereocenters. The van der Waals surface area contributed by atoms with Gasteiger partial charge in [0.1, 0.15) is 11.5 Å². The topological polar surface area (TPSA) is 13.1 Å². The fourth-order valence-electron chi connectivity index (χ4n) is 1.66. The molecule has 1 nitrogen and oxygen atoms in total. The van der Waals surface area contributed by atoms with Crippen LogP contribution in [0.4, 0.5) is 0 Å². The van der Waals surface area contributed by atoms with Crippen molar-refractivity contribution in [3.63, 3.8) is 0 Å². The summed E-state index contributed by atoms with van der Waals surface area (Å²) in [4.78, 5) is 0. The molecule has 0 fully saturated rings. The van der Waals surface area contributed by atoms with Crippen LogP contribution in [-0.4, -0.2) is 0 Å². The first-order chi connectivity index (χ1) is 6.81. The lowest BCUT2D eigenvalue weighted by molar-refractivity contribution is 0.546. The molecule has 0 N–H and O–H groups in total. The van der Waals surface area contributed by atoms with E-state index < -0.39 is 0 Å². The molecule has 0 amide bonds. The lowest BCUT2D eigenvalue weighted by atomic mass is 10.1. The lowest BCUT2D eigenvalue weighted by Crippen LogP contribution is -1.80. The van der Waals surface area contributed by atoms with E-state index >= 15 is 0 Å². The molecule has 1 aromatic carbocycles. The van der Waals surface area contributed by atoms with Crippen molar-refractivity contribution in [1.82, 2.24) is 0 Å². The summed E-state index contributed by atoms with van der Waals surface area (Å²) in [6.07, 6.45) is 1.02. The lowest BCUT2D eigenvalue weighted by Gasteiger charge is -1.99. The van der Waals surface area contributed by atoms with Gasteiger partial charge >= 0.3 is 0 Å². The normalized spacial score (nSPS) is 10.4. The molecular formula is C13H14O. The zero-order valence-corrected chi connectivity index (χ0v) is 8.58. The molecular weight excluding hydrogens is 172 g/mol. The average Bonchev–Trinajstić information content (AvgIpc) is 2.61. The van der Waals surface area contributed by atoms with Gasteiger partial charge in [-0.2, -0.15) is 0 Å². The largest absolute Gasteiger partial charge is 0.461 e. The highest BCUT2D eigenvalue weighted by Crippen LogP contribution is 2.27. The highest BCUT2D eigenvalue weighted by Gasteiger charge is 2.08. The summed E-state index contributed by atoms with van der Waals surface area (Å²) in [6.45, 7) is 4.14. The van der Waals surface area contributed by atoms with Crippen molar-refractivity contribution >= 4 is 0 Å². The van der Waals surface area contributed by atoms with Crippen LogP contribution in [0, 0.1) is 6.92 Å². The minimum absolute atomic E-state index is 0.987. The molecule has 2 rings (SSSR count). The van der Waals surface area contributed by atoms with Gasteiger partial charge in [-0.1, -0.05) is 37.3 Å². The minimum Gasteiger partial charge on any atom is -0.461 e. The second-order valence-corrected chi connectivity index (χ2v) is 3.43. The van der Waals surface area contributed by atoms with Crippen LogP contribution in [0.15, 0.2) is 40.8 Å². The van der Waals surface area contributed by atoms with Crippen LogP contribution in [0.5, 0.6) is 0 Å². The molecule has 1 heterocycles. The number of aryl methyl sites for hydroxylation is 2. The molecule has 0 radical (unpaired) electrons. The summed E-state index contributed by atoms with van der Waals surface area (Å²) in [5.41, 5.74) is 2.45. The van der Waals surface area contributed by atoms with Crippen molar-refractivity contribution in [2.24, 2.45) is 0 Å². The third kappa shape index (κ3) is 1.58. The first-order valence-electron chi connectivity index (χ1n) is 4.96. The number of rotatable bonds is 2. The van der Waals surface area contributed by atoms with Crippen LogP contribution in [-0.2, 0) is 6.42 Å². The third-order valence-corrected chi connectivity index (χ3v) is 2.35. The number of hydrogen-bond donors (Lipinski definition) is 0. The molecule has 1 aromatic heterocycles. The molecule has 0 spiro atoms. The summed E-state index contributed by atoms with van der Waals surface area (Å²) in [7, 11) is 0. The standard InChI is InChI=1S/C13H14O/c1-3-11-9-10(2)14-13(11)12-7-5-4-6-8-12/h4-9H,3H2,1-2H3. The van der Waals surface area contributed by atoms with Crippen molar-refractivity contribution in [2.75, 3.05) is 0 Å². The monoisotopic (exact) mass is 186 g/mol. The maximum atomic E-state index is 5.69. The Morgan fingerprint density at radius 2 is 1.86 bits per heavy atom. The van der Waals surface area contributed by atoms with Crippen molar-refractivity contribution in [3.05, 3.63) is 47.7 Å². The maximum absolute atomic E-state index is 5.69. The first-order valence-corrected chi connectivity index (χ1v) is 4.96. The predicted molar refractivity (Wildman–Crippen MR) is 58.3 cm³/mol. The van der Waals surface area contributed by atoms with Crippen molar-refractivity contribution in [3.8, 4) is 11.3 Å². The van der Waals surface area contributed by atoms with E-state index in [0.717, 1.165) is 23.5 Å². The Morgan fingerprint density at radius 1 is 1.14 bits per heavy atom. The van der Waals surface area contributed by atoms with Gasteiger partial charge in [-0.25, -0.2) is 0 Å². The molecule has 14 heavy (non-hydrogen) atoms. The first kappa shape index (κ1) is 9.07. The molecule has 0 atom stereocenters. The smallest absolute Gasteiger partial charge is 0.137 e. The van der Waals surface area contributed by atoms with Crippen molar-refractivity contribution < 1.29 is 4.42 Å². The van der Waals surface area contributed by atoms with Crippen LogP contribution in [0.1, 0.15) is 18.2 Å². The van der Waals surface area contributed by atoms with Crippen molar-refractivity contribution in [2.45, 2.75) is 20.3 Å². The van der Waals surface area contributed by atoms with Crippen LogP contribution < -0.4 is 0 Å². The summed E-state index contributed by atoms with van der Waals surface area (Å²) < 4.78 is 5.69. The zero-order chi connectivity index (χ0) is 9.97. The molecule has 0 aliphatic rings. The highest BCUT2D eigenvalue weighted by atomic mass is 16.3. The van der Waals surface area contributed by atoms with Crippen LogP contribution in [0.25, 0.3) is 11.3 Å². The Labute approximate surface area is 84.4 Å². The van der Waals surface area contributed by atoms with E-state index in [1.165, 1.54) is 5.56 Å². The van der Waals surface area contributed by atoms with E-state index in [0.29, 0.717) is 0 Å². The van der Waals surface area contributed by atoms with E-state index in [-0.39, 0.29) is 0 Å². The van der Waals surface area contributed by atoms with Gasteiger partial charge in [0, 0.05) is 5.56 Å². The predicted octanol–water partition coefficient (Wildman–Crippen LogP) is 3.82. The summed E-state index contributed by atoms with van der Waals surface area (Å²) >= 11 is 0. The Morgan fingerprint density at radius 3 is 2.50 bits per heavy atom. The number of hydrogen-bond acceptors (Lipinski definition) is 1. The molecule has 0 aliphatic carbocycles. The van der Waals surface area contributed by atoms with Crippen LogP contribution in [0.3, 0.4) is 0 Å². The van der Waals surface area contributed by atoms with Gasteiger partial charge in [-0.15, -0.1) is 0 Å². The SMILES string of the molecule is CCc1cc(C)oc1-c1ccccc1. The fourth-order valence-corrected chi connectivity index (χ4v) is 1.66. The quantitative estimate of drug-likeness (QED) is 0.695. The molecule has 1 heteroatoms. The zero-order valence-electron chi connectivity index (χ0n) is 8.58. The Kier molecular flexibility index (Phi) is 2.40. The molecule has 0 aliphatic heterocycles. The maximum Gasteiger partial charge on any atom is 0.137 e. The van der Waals surface area contributed by atoms with Crippen molar-refractivity contribution in [1.29, 1.82) is 0 Å².